The average molecular weight is 861 g/mol. The van der Waals surface area contributed by atoms with E-state index in [4.69, 9.17) is 18.5 Å². The molecule has 3 N–H and O–H groups in total. The van der Waals surface area contributed by atoms with Crippen molar-refractivity contribution in [2.75, 3.05) is 47.5 Å². The van der Waals surface area contributed by atoms with Gasteiger partial charge in [-0.1, -0.05) is 136 Å². The fourth-order valence-electron chi connectivity index (χ4n) is 5.01. The molecule has 0 aromatic carbocycles. The van der Waals surface area contributed by atoms with E-state index in [2.05, 4.69) is 74.6 Å². The average Bonchev–Trinajstić information content (AvgIpc) is 3.19. The molecule has 0 saturated carbocycles. The van der Waals surface area contributed by atoms with Crippen LogP contribution in [0.1, 0.15) is 117 Å². The molecule has 0 aliphatic carbocycles. The lowest BCUT2D eigenvalue weighted by atomic mass is 10.1. The summed E-state index contributed by atoms with van der Waals surface area (Å²) in [5.74, 6) is -1.12. The number of ether oxygens (including phenoxy) is 2. The Balaban J connectivity index is 4.75. The SMILES string of the molecule is CC/C=C\C/C=C\C/C=C\C/C=C\C/C=C\CCCC(=O)OC[C@H](COP(=O)(O)OCC[N+](C)(C)C)OC(=O)CCC[C@@H](O)\C=C/C=C/C=C/[C@@H](O)C/C=C\CCCCC. The van der Waals surface area contributed by atoms with Crippen molar-refractivity contribution in [3.05, 3.63) is 109 Å². The first-order valence-electron chi connectivity index (χ1n) is 21.8. The van der Waals surface area contributed by atoms with Gasteiger partial charge in [-0.15, -0.1) is 0 Å². The second-order valence-electron chi connectivity index (χ2n) is 15.4. The van der Waals surface area contributed by atoms with Gasteiger partial charge in [-0.05, 0) is 77.0 Å². The van der Waals surface area contributed by atoms with Gasteiger partial charge < -0.3 is 29.1 Å². The summed E-state index contributed by atoms with van der Waals surface area (Å²) in [6, 6.07) is 0. The molecule has 0 radical (unpaired) electrons. The lowest BCUT2D eigenvalue weighted by Gasteiger charge is -2.24. The number of likely N-dealkylation sites (N-methyl/N-ethyl adjacent to an activating group) is 1. The van der Waals surface area contributed by atoms with Gasteiger partial charge in [0, 0.05) is 12.8 Å². The van der Waals surface area contributed by atoms with E-state index in [0.29, 0.717) is 43.1 Å². The summed E-state index contributed by atoms with van der Waals surface area (Å²) < 4.78 is 34.0. The van der Waals surface area contributed by atoms with Crippen molar-refractivity contribution in [3.63, 3.8) is 0 Å². The van der Waals surface area contributed by atoms with Gasteiger partial charge in [0.25, 0.3) is 0 Å². The highest BCUT2D eigenvalue weighted by Gasteiger charge is 2.27. The first-order chi connectivity index (χ1) is 28.8. The number of carbonyl (C=O) groups excluding carboxylic acids is 2. The van der Waals surface area contributed by atoms with Crippen molar-refractivity contribution in [2.45, 2.75) is 135 Å². The van der Waals surface area contributed by atoms with E-state index < -0.39 is 44.7 Å². The monoisotopic (exact) mass is 861 g/mol. The molecule has 0 fully saturated rings. The quantitative estimate of drug-likeness (QED) is 0.0138. The molecule has 60 heavy (non-hydrogen) atoms. The summed E-state index contributed by atoms with van der Waals surface area (Å²) in [7, 11) is 1.27. The lowest BCUT2D eigenvalue weighted by molar-refractivity contribution is -0.870. The number of nitrogens with zero attached hydrogens (tertiary/aromatic N) is 1. The van der Waals surface area contributed by atoms with Crippen LogP contribution in [-0.2, 0) is 32.7 Å². The molecule has 0 bridgehead atoms. The van der Waals surface area contributed by atoms with Gasteiger partial charge in [0.15, 0.2) is 6.10 Å². The van der Waals surface area contributed by atoms with E-state index in [0.717, 1.165) is 44.9 Å². The number of aliphatic hydroxyl groups is 2. The number of phosphoric acid groups is 1. The van der Waals surface area contributed by atoms with Gasteiger partial charge in [-0.2, -0.15) is 0 Å². The number of hydrogen-bond acceptors (Lipinski definition) is 9. The zero-order valence-electron chi connectivity index (χ0n) is 37.4. The molecular weight excluding hydrogens is 781 g/mol. The maximum Gasteiger partial charge on any atom is 0.472 e. The molecular formula is C48H79NO10P+. The van der Waals surface area contributed by atoms with Gasteiger partial charge >= 0.3 is 19.8 Å². The van der Waals surface area contributed by atoms with Crippen LogP contribution >= 0.6 is 7.82 Å². The Morgan fingerprint density at radius 1 is 0.633 bits per heavy atom. The summed E-state index contributed by atoms with van der Waals surface area (Å²) >= 11 is 0. The molecule has 0 amide bonds. The predicted octanol–water partition coefficient (Wildman–Crippen LogP) is 10.3. The van der Waals surface area contributed by atoms with Gasteiger partial charge in [0.1, 0.15) is 19.8 Å². The van der Waals surface area contributed by atoms with E-state index >= 15 is 0 Å². The highest BCUT2D eigenvalue weighted by atomic mass is 31.2. The Morgan fingerprint density at radius 3 is 1.78 bits per heavy atom. The van der Waals surface area contributed by atoms with Gasteiger partial charge in [-0.25, -0.2) is 4.57 Å². The molecule has 0 aromatic heterocycles. The lowest BCUT2D eigenvalue weighted by Crippen LogP contribution is -2.37. The Hall–Kier alpha value is -3.41. The van der Waals surface area contributed by atoms with Crippen LogP contribution in [0.2, 0.25) is 0 Å². The second-order valence-corrected chi connectivity index (χ2v) is 16.8. The van der Waals surface area contributed by atoms with Crippen LogP contribution < -0.4 is 0 Å². The maximum atomic E-state index is 12.7. The molecule has 0 aromatic rings. The number of carbonyl (C=O) groups is 2. The van der Waals surface area contributed by atoms with Crippen molar-refractivity contribution < 1.29 is 52.3 Å². The topological polar surface area (TPSA) is 149 Å². The molecule has 0 heterocycles. The van der Waals surface area contributed by atoms with Crippen LogP contribution in [0.25, 0.3) is 0 Å². The van der Waals surface area contributed by atoms with Crippen LogP contribution in [0.3, 0.4) is 0 Å². The van der Waals surface area contributed by atoms with Crippen LogP contribution in [0, 0.1) is 0 Å². The van der Waals surface area contributed by atoms with Crippen molar-refractivity contribution in [2.24, 2.45) is 0 Å². The molecule has 0 spiro atoms. The Morgan fingerprint density at radius 2 is 1.18 bits per heavy atom. The van der Waals surface area contributed by atoms with E-state index in [1.807, 2.05) is 33.3 Å². The number of esters is 2. The van der Waals surface area contributed by atoms with Crippen LogP contribution in [0.4, 0.5) is 0 Å². The van der Waals surface area contributed by atoms with Gasteiger partial charge in [0.2, 0.25) is 0 Å². The van der Waals surface area contributed by atoms with Crippen molar-refractivity contribution >= 4 is 19.8 Å². The molecule has 11 nitrogen and oxygen atoms in total. The number of hydrogen-bond donors (Lipinski definition) is 3. The Kier molecular flexibility index (Phi) is 36.3. The summed E-state index contributed by atoms with van der Waals surface area (Å²) in [6.07, 6.45) is 44.9. The van der Waals surface area contributed by atoms with Crippen LogP contribution in [0.5, 0.6) is 0 Å². The minimum Gasteiger partial charge on any atom is -0.462 e. The highest BCUT2D eigenvalue weighted by Crippen LogP contribution is 2.43. The zero-order valence-corrected chi connectivity index (χ0v) is 38.3. The maximum absolute atomic E-state index is 12.7. The number of rotatable bonds is 37. The molecule has 0 aliphatic rings. The fraction of sp³-hybridized carbons (Fsp3) is 0.583. The molecule has 0 rings (SSSR count). The summed E-state index contributed by atoms with van der Waals surface area (Å²) in [5, 5.41) is 20.4. The van der Waals surface area contributed by atoms with Gasteiger partial charge in [0.05, 0.1) is 40.0 Å². The molecule has 4 atom stereocenters. The minimum atomic E-state index is -4.47. The van der Waals surface area contributed by atoms with E-state index in [1.165, 1.54) is 12.8 Å². The summed E-state index contributed by atoms with van der Waals surface area (Å²) in [6.45, 7) is 3.85. The van der Waals surface area contributed by atoms with Crippen molar-refractivity contribution in [3.8, 4) is 0 Å². The predicted molar refractivity (Wildman–Crippen MR) is 245 cm³/mol. The fourth-order valence-corrected chi connectivity index (χ4v) is 5.75. The first-order valence-corrected chi connectivity index (χ1v) is 23.3. The molecule has 0 saturated heterocycles. The largest absolute Gasteiger partial charge is 0.472 e. The summed E-state index contributed by atoms with van der Waals surface area (Å²) in [5.41, 5.74) is 0. The third kappa shape index (κ3) is 41.3. The standard InChI is InChI=1S/C48H78NO10P/c1-6-8-10-12-14-15-16-17-18-19-20-21-22-23-24-26-32-38-47(52)56-42-46(43-58-60(54,55)57-41-40-49(3,4)5)59-48(53)39-33-37-45(51)36-31-28-27-30-35-44(50)34-29-25-13-11-9-7-2/h8,10,14-15,17-18,20-21,23-25,27-31,35-36,44-46,50-51H,6-7,9,11-13,16,19,22,26,32-34,37-43H2,1-5H3/p+1/b10-8-,15-14-,18-17-,21-20-,24-23-,28-27+,29-25-,35-30+,36-31-/t44-,45-,46+/m0/s1. The molecule has 0 aliphatic heterocycles. The number of phosphoric ester groups is 1. The highest BCUT2D eigenvalue weighted by molar-refractivity contribution is 7.47. The Labute approximate surface area is 362 Å². The summed E-state index contributed by atoms with van der Waals surface area (Å²) in [4.78, 5) is 35.4. The number of unbranched alkanes of at least 4 members (excludes halogenated alkanes) is 4. The zero-order chi connectivity index (χ0) is 44.6. The number of aliphatic hydroxyl groups excluding tert-OH is 2. The molecule has 340 valence electrons. The molecule has 1 unspecified atom stereocenters. The Bertz CT molecular complexity index is 1420. The van der Waals surface area contributed by atoms with E-state index in [1.54, 1.807) is 36.5 Å². The third-order valence-electron chi connectivity index (χ3n) is 8.48. The number of allylic oxidation sites excluding steroid dienone is 15. The van der Waals surface area contributed by atoms with Crippen molar-refractivity contribution in [1.82, 2.24) is 0 Å². The smallest absolute Gasteiger partial charge is 0.462 e. The minimum absolute atomic E-state index is 0.0296. The third-order valence-corrected chi connectivity index (χ3v) is 9.46. The number of quaternary nitrogens is 1. The van der Waals surface area contributed by atoms with E-state index in [9.17, 15) is 29.3 Å². The second kappa shape index (κ2) is 38.5. The van der Waals surface area contributed by atoms with E-state index in [-0.39, 0.29) is 26.1 Å². The first kappa shape index (κ1) is 56.6. The van der Waals surface area contributed by atoms with Crippen LogP contribution in [-0.4, -0.2) is 97.3 Å². The molecule has 12 heteroatoms. The van der Waals surface area contributed by atoms with Gasteiger partial charge in [-0.3, -0.25) is 18.6 Å². The normalized spacial score (nSPS) is 15.7. The van der Waals surface area contributed by atoms with Crippen LogP contribution in [0.15, 0.2) is 109 Å². The van der Waals surface area contributed by atoms with Crippen molar-refractivity contribution in [1.29, 1.82) is 0 Å².